The highest BCUT2D eigenvalue weighted by atomic mass is 31.2. The van der Waals surface area contributed by atoms with E-state index in [1.807, 2.05) is 21.1 Å². The lowest BCUT2D eigenvalue weighted by Gasteiger charge is -2.24. The molecule has 0 rings (SSSR count). The summed E-state index contributed by atoms with van der Waals surface area (Å²) in [4.78, 5) is 23.0. The Hall–Kier alpha value is -0.500. The molecule has 0 radical (unpaired) electrons. The molecule has 0 bridgehead atoms. The number of carbonyl (C=O) groups is 1. The van der Waals surface area contributed by atoms with Crippen LogP contribution < -0.4 is 0 Å². The summed E-state index contributed by atoms with van der Waals surface area (Å²) in [5.74, 6) is -0.304. The van der Waals surface area contributed by atoms with Crippen LogP contribution in [0.1, 0.15) is 277 Å². The number of hydrogen-bond acceptors (Lipinski definition) is 6. The molecule has 1 N–H and O–H groups in total. The standard InChI is InChI=1S/C53H108NO7P/c1-6-8-10-12-14-16-18-20-22-24-25-26-27-28-29-30-31-32-34-36-38-40-42-44-46-53(55)61-52(51-60-62(56,57)59-49-47-54(3,4)5)50-58-48-45-43-41-39-37-35-33-23-21-19-17-15-13-11-9-7-2/h52H,6-51H2,1-5H3/p+1/t52-/m1/s1. The summed E-state index contributed by atoms with van der Waals surface area (Å²) in [6, 6.07) is 0. The van der Waals surface area contributed by atoms with Crippen LogP contribution in [-0.4, -0.2) is 75.6 Å². The molecule has 0 saturated carbocycles. The molecule has 1 unspecified atom stereocenters. The van der Waals surface area contributed by atoms with Crippen molar-refractivity contribution in [2.75, 3.05) is 54.1 Å². The van der Waals surface area contributed by atoms with E-state index >= 15 is 0 Å². The molecule has 0 aliphatic rings. The molecule has 0 heterocycles. The highest BCUT2D eigenvalue weighted by Gasteiger charge is 2.26. The summed E-state index contributed by atoms with van der Waals surface area (Å²) in [5, 5.41) is 0. The summed E-state index contributed by atoms with van der Waals surface area (Å²) < 4.78 is 35.2. The smallest absolute Gasteiger partial charge is 0.457 e. The van der Waals surface area contributed by atoms with Crippen LogP contribution >= 0.6 is 7.82 Å². The number of likely N-dealkylation sites (N-methyl/N-ethyl adjacent to an activating group) is 1. The lowest BCUT2D eigenvalue weighted by atomic mass is 10.0. The number of rotatable bonds is 52. The number of quaternary nitrogens is 1. The highest BCUT2D eigenvalue weighted by molar-refractivity contribution is 7.47. The molecule has 0 aromatic carbocycles. The predicted octanol–water partition coefficient (Wildman–Crippen LogP) is 16.8. The van der Waals surface area contributed by atoms with Gasteiger partial charge >= 0.3 is 13.8 Å². The molecule has 0 saturated heterocycles. The monoisotopic (exact) mass is 903 g/mol. The van der Waals surface area contributed by atoms with Crippen LogP contribution in [0.15, 0.2) is 0 Å². The van der Waals surface area contributed by atoms with Crippen molar-refractivity contribution >= 4 is 13.8 Å². The van der Waals surface area contributed by atoms with Gasteiger partial charge in [-0.3, -0.25) is 13.8 Å². The Morgan fingerprint density at radius 2 is 0.742 bits per heavy atom. The fourth-order valence-electron chi connectivity index (χ4n) is 8.20. The summed E-state index contributed by atoms with van der Waals surface area (Å²) in [7, 11) is 1.69. The Labute approximate surface area is 387 Å². The number of esters is 1. The van der Waals surface area contributed by atoms with E-state index in [1.165, 1.54) is 225 Å². The fraction of sp³-hybridized carbons (Fsp3) is 0.981. The third kappa shape index (κ3) is 50.5. The third-order valence-electron chi connectivity index (χ3n) is 12.4. The Kier molecular flexibility index (Phi) is 46.6. The molecular formula is C53H109NO7P+. The van der Waals surface area contributed by atoms with Crippen molar-refractivity contribution in [3.8, 4) is 0 Å². The van der Waals surface area contributed by atoms with Crippen molar-refractivity contribution in [1.29, 1.82) is 0 Å². The molecule has 0 fully saturated rings. The summed E-state index contributed by atoms with van der Waals surface area (Å²) in [6.45, 7) is 5.71. The SMILES string of the molecule is CCCCCCCCCCCCCCCCCCCCCCCCCCC(=O)O[C@H](COCCCCCCCCCCCCCCCCCC)COP(=O)(O)OCC[N+](C)(C)C. The van der Waals surface area contributed by atoms with E-state index in [4.69, 9.17) is 18.5 Å². The number of carbonyl (C=O) groups excluding carboxylic acids is 1. The second-order valence-electron chi connectivity index (χ2n) is 20.0. The van der Waals surface area contributed by atoms with Crippen molar-refractivity contribution < 1.29 is 37.3 Å². The number of unbranched alkanes of at least 4 members (excludes halogenated alkanes) is 38. The summed E-state index contributed by atoms with van der Waals surface area (Å²) in [6.07, 6.45) is 53.0. The van der Waals surface area contributed by atoms with Gasteiger partial charge in [0.15, 0.2) is 0 Å². The lowest BCUT2D eigenvalue weighted by molar-refractivity contribution is -0.870. The molecule has 2 atom stereocenters. The van der Waals surface area contributed by atoms with Gasteiger partial charge in [-0.25, -0.2) is 4.57 Å². The molecule has 0 aliphatic carbocycles. The summed E-state index contributed by atoms with van der Waals surface area (Å²) in [5.41, 5.74) is 0. The molecular weight excluding hydrogens is 794 g/mol. The van der Waals surface area contributed by atoms with Gasteiger partial charge in [0, 0.05) is 13.0 Å². The maximum atomic E-state index is 12.8. The third-order valence-corrected chi connectivity index (χ3v) is 13.4. The van der Waals surface area contributed by atoms with Gasteiger partial charge in [-0.2, -0.15) is 0 Å². The molecule has 372 valence electrons. The van der Waals surface area contributed by atoms with E-state index in [0.29, 0.717) is 24.1 Å². The average Bonchev–Trinajstić information content (AvgIpc) is 3.23. The minimum absolute atomic E-state index is 0.0943. The van der Waals surface area contributed by atoms with Crippen LogP contribution in [-0.2, 0) is 27.9 Å². The zero-order chi connectivity index (χ0) is 45.5. The zero-order valence-electron chi connectivity index (χ0n) is 42.4. The van der Waals surface area contributed by atoms with Crippen LogP contribution in [0.3, 0.4) is 0 Å². The topological polar surface area (TPSA) is 91.3 Å². The van der Waals surface area contributed by atoms with Gasteiger partial charge in [0.1, 0.15) is 19.3 Å². The number of phosphoric acid groups is 1. The number of hydrogen-bond donors (Lipinski definition) is 1. The van der Waals surface area contributed by atoms with Crippen LogP contribution in [0.5, 0.6) is 0 Å². The van der Waals surface area contributed by atoms with Crippen molar-refractivity contribution in [3.05, 3.63) is 0 Å². The van der Waals surface area contributed by atoms with E-state index in [1.54, 1.807) is 0 Å². The maximum Gasteiger partial charge on any atom is 0.472 e. The van der Waals surface area contributed by atoms with Crippen molar-refractivity contribution in [1.82, 2.24) is 0 Å². The van der Waals surface area contributed by atoms with E-state index < -0.39 is 13.9 Å². The molecule has 0 amide bonds. The molecule has 62 heavy (non-hydrogen) atoms. The van der Waals surface area contributed by atoms with Gasteiger partial charge in [0.25, 0.3) is 0 Å². The lowest BCUT2D eigenvalue weighted by Crippen LogP contribution is -2.37. The average molecular weight is 903 g/mol. The van der Waals surface area contributed by atoms with Crippen molar-refractivity contribution in [2.45, 2.75) is 283 Å². The largest absolute Gasteiger partial charge is 0.472 e. The number of ether oxygens (including phenoxy) is 2. The zero-order valence-corrected chi connectivity index (χ0v) is 43.3. The first-order valence-corrected chi connectivity index (χ1v) is 28.8. The number of phosphoric ester groups is 1. The molecule has 0 aromatic rings. The Bertz CT molecular complexity index is 961. The Morgan fingerprint density at radius 3 is 1.06 bits per heavy atom. The Morgan fingerprint density at radius 1 is 0.435 bits per heavy atom. The van der Waals surface area contributed by atoms with Gasteiger partial charge in [-0.15, -0.1) is 0 Å². The first kappa shape index (κ1) is 61.5. The number of nitrogens with zero attached hydrogens (tertiary/aromatic N) is 1. The van der Waals surface area contributed by atoms with E-state index in [9.17, 15) is 14.3 Å². The van der Waals surface area contributed by atoms with E-state index in [2.05, 4.69) is 13.8 Å². The second-order valence-corrected chi connectivity index (χ2v) is 21.4. The van der Waals surface area contributed by atoms with Crippen LogP contribution in [0.25, 0.3) is 0 Å². The normalized spacial score (nSPS) is 13.5. The van der Waals surface area contributed by atoms with E-state index in [0.717, 1.165) is 32.1 Å². The van der Waals surface area contributed by atoms with Crippen LogP contribution in [0.4, 0.5) is 0 Å². The maximum absolute atomic E-state index is 12.8. The van der Waals surface area contributed by atoms with Crippen LogP contribution in [0.2, 0.25) is 0 Å². The highest BCUT2D eigenvalue weighted by Crippen LogP contribution is 2.43. The first-order valence-electron chi connectivity index (χ1n) is 27.3. The molecule has 0 aromatic heterocycles. The van der Waals surface area contributed by atoms with Gasteiger partial charge in [0.05, 0.1) is 34.4 Å². The van der Waals surface area contributed by atoms with E-state index in [-0.39, 0.29) is 25.8 Å². The first-order chi connectivity index (χ1) is 30.1. The quantitative estimate of drug-likeness (QED) is 0.0281. The minimum atomic E-state index is -4.27. The Balaban J connectivity index is 4.02. The summed E-state index contributed by atoms with van der Waals surface area (Å²) >= 11 is 0. The predicted molar refractivity (Wildman–Crippen MR) is 266 cm³/mol. The minimum Gasteiger partial charge on any atom is -0.457 e. The van der Waals surface area contributed by atoms with Gasteiger partial charge in [-0.05, 0) is 12.8 Å². The van der Waals surface area contributed by atoms with Gasteiger partial charge in [0.2, 0.25) is 0 Å². The van der Waals surface area contributed by atoms with Gasteiger partial charge in [-0.1, -0.05) is 258 Å². The van der Waals surface area contributed by atoms with Crippen molar-refractivity contribution in [3.63, 3.8) is 0 Å². The molecule has 9 heteroatoms. The molecule has 0 spiro atoms. The fourth-order valence-corrected chi connectivity index (χ4v) is 8.95. The van der Waals surface area contributed by atoms with Crippen molar-refractivity contribution in [2.24, 2.45) is 0 Å². The van der Waals surface area contributed by atoms with Gasteiger partial charge < -0.3 is 18.9 Å². The molecule has 0 aliphatic heterocycles. The van der Waals surface area contributed by atoms with Crippen LogP contribution in [0, 0.1) is 0 Å². The second kappa shape index (κ2) is 47.0. The molecule has 8 nitrogen and oxygen atoms in total.